The maximum atomic E-state index is 12.6. The molecule has 4 nitrogen and oxygen atoms in total. The Morgan fingerprint density at radius 3 is 2.43 bits per heavy atom. The highest BCUT2D eigenvalue weighted by Gasteiger charge is 2.13. The van der Waals surface area contributed by atoms with E-state index in [-0.39, 0.29) is 5.91 Å². The lowest BCUT2D eigenvalue weighted by atomic mass is 10.1. The van der Waals surface area contributed by atoms with Gasteiger partial charge < -0.3 is 14.8 Å². The first kappa shape index (κ1) is 20.1. The molecule has 6 heteroatoms. The lowest BCUT2D eigenvalue weighted by Crippen LogP contribution is -2.12. The van der Waals surface area contributed by atoms with Crippen LogP contribution in [0.2, 0.25) is 10.0 Å². The minimum absolute atomic E-state index is 0.306. The zero-order valence-corrected chi connectivity index (χ0v) is 16.8. The highest BCUT2D eigenvalue weighted by Crippen LogP contribution is 2.30. The minimum Gasteiger partial charge on any atom is -0.490 e. The summed E-state index contributed by atoms with van der Waals surface area (Å²) in [5, 5.41) is 3.65. The molecule has 0 aliphatic rings. The largest absolute Gasteiger partial charge is 0.490 e. The van der Waals surface area contributed by atoms with Crippen LogP contribution in [0.25, 0.3) is 0 Å². The number of amides is 1. The Morgan fingerprint density at radius 1 is 0.929 bits per heavy atom. The Bertz CT molecular complexity index is 961. The van der Waals surface area contributed by atoms with E-state index >= 15 is 0 Å². The molecule has 0 heterocycles. The van der Waals surface area contributed by atoms with Crippen LogP contribution in [0.1, 0.15) is 22.8 Å². The summed E-state index contributed by atoms with van der Waals surface area (Å²) < 4.78 is 11.5. The number of rotatable bonds is 7. The topological polar surface area (TPSA) is 47.6 Å². The molecule has 0 spiro atoms. The molecule has 0 saturated carbocycles. The summed E-state index contributed by atoms with van der Waals surface area (Å²) >= 11 is 12.0. The van der Waals surface area contributed by atoms with Crippen molar-refractivity contribution in [2.45, 2.75) is 13.5 Å². The van der Waals surface area contributed by atoms with Gasteiger partial charge in [-0.15, -0.1) is 0 Å². The van der Waals surface area contributed by atoms with Crippen LogP contribution in [0, 0.1) is 0 Å². The monoisotopic (exact) mass is 415 g/mol. The average molecular weight is 416 g/mol. The molecular weight excluding hydrogens is 397 g/mol. The fourth-order valence-corrected chi connectivity index (χ4v) is 3.01. The van der Waals surface area contributed by atoms with E-state index in [1.54, 1.807) is 36.4 Å². The summed E-state index contributed by atoms with van der Waals surface area (Å²) in [6.45, 7) is 2.74. The van der Waals surface area contributed by atoms with Gasteiger partial charge in [-0.2, -0.15) is 0 Å². The van der Waals surface area contributed by atoms with Gasteiger partial charge in [0, 0.05) is 10.6 Å². The molecule has 0 atom stereocenters. The Hall–Kier alpha value is -2.69. The summed E-state index contributed by atoms with van der Waals surface area (Å²) in [6, 6.07) is 19.8. The molecule has 0 aliphatic carbocycles. The van der Waals surface area contributed by atoms with Gasteiger partial charge in [-0.1, -0.05) is 53.5 Å². The minimum atomic E-state index is -0.306. The van der Waals surface area contributed by atoms with Gasteiger partial charge in [-0.3, -0.25) is 4.79 Å². The highest BCUT2D eigenvalue weighted by atomic mass is 35.5. The summed E-state index contributed by atoms with van der Waals surface area (Å²) in [5.74, 6) is 0.778. The lowest BCUT2D eigenvalue weighted by Gasteiger charge is -2.14. The van der Waals surface area contributed by atoms with E-state index in [1.165, 1.54) is 0 Å². The predicted molar refractivity (Wildman–Crippen MR) is 113 cm³/mol. The third-order valence-electron chi connectivity index (χ3n) is 3.92. The van der Waals surface area contributed by atoms with E-state index in [0.29, 0.717) is 46.0 Å². The second-order valence-electron chi connectivity index (χ2n) is 5.95. The fraction of sp³-hybridized carbons (Fsp3) is 0.136. The lowest BCUT2D eigenvalue weighted by molar-refractivity contribution is 0.102. The van der Waals surface area contributed by atoms with Crippen molar-refractivity contribution in [3.05, 3.63) is 87.9 Å². The summed E-state index contributed by atoms with van der Waals surface area (Å²) in [6.07, 6.45) is 0. The normalized spacial score (nSPS) is 10.4. The number of anilines is 1. The van der Waals surface area contributed by atoms with Crippen LogP contribution < -0.4 is 14.8 Å². The second kappa shape index (κ2) is 9.49. The van der Waals surface area contributed by atoms with E-state index < -0.39 is 0 Å². The number of ether oxygens (including phenoxy) is 2. The molecule has 0 aliphatic heterocycles. The molecule has 0 fully saturated rings. The Balaban J connectivity index is 1.76. The second-order valence-corrected chi connectivity index (χ2v) is 6.79. The van der Waals surface area contributed by atoms with Crippen LogP contribution in [-0.2, 0) is 6.61 Å². The zero-order valence-electron chi connectivity index (χ0n) is 15.2. The SMILES string of the molecule is CCOc1cc(C(=O)Nc2ccc(Cl)cc2Cl)ccc1OCc1ccccc1. The van der Waals surface area contributed by atoms with E-state index in [9.17, 15) is 4.79 Å². The van der Waals surface area contributed by atoms with Gasteiger partial charge >= 0.3 is 0 Å². The molecule has 0 unspecified atom stereocenters. The first-order chi connectivity index (χ1) is 13.6. The van der Waals surface area contributed by atoms with Crippen molar-refractivity contribution in [2.75, 3.05) is 11.9 Å². The molecule has 1 N–H and O–H groups in total. The van der Waals surface area contributed by atoms with Crippen LogP contribution in [0.5, 0.6) is 11.5 Å². The van der Waals surface area contributed by atoms with Crippen molar-refractivity contribution in [1.82, 2.24) is 0 Å². The van der Waals surface area contributed by atoms with E-state index in [1.807, 2.05) is 37.3 Å². The fourth-order valence-electron chi connectivity index (χ4n) is 2.56. The average Bonchev–Trinajstić information content (AvgIpc) is 2.70. The molecule has 0 saturated heterocycles. The number of carbonyl (C=O) groups excluding carboxylic acids is 1. The smallest absolute Gasteiger partial charge is 0.255 e. The molecule has 3 aromatic rings. The van der Waals surface area contributed by atoms with E-state index in [0.717, 1.165) is 5.56 Å². The molecular formula is C22H19Cl2NO3. The number of nitrogens with one attached hydrogen (secondary N) is 1. The molecule has 0 bridgehead atoms. The molecule has 3 rings (SSSR count). The summed E-state index contributed by atoms with van der Waals surface area (Å²) in [4.78, 5) is 12.6. The van der Waals surface area contributed by atoms with Crippen LogP contribution in [0.4, 0.5) is 5.69 Å². The summed E-state index contributed by atoms with van der Waals surface area (Å²) in [5.41, 5.74) is 1.96. The van der Waals surface area contributed by atoms with Crippen LogP contribution in [0.3, 0.4) is 0 Å². The van der Waals surface area contributed by atoms with Gasteiger partial charge in [0.25, 0.3) is 5.91 Å². The maximum Gasteiger partial charge on any atom is 0.255 e. The molecule has 144 valence electrons. The molecule has 28 heavy (non-hydrogen) atoms. The third-order valence-corrected chi connectivity index (χ3v) is 4.47. The van der Waals surface area contributed by atoms with Crippen LogP contribution in [0.15, 0.2) is 66.7 Å². The van der Waals surface area contributed by atoms with Crippen molar-refractivity contribution in [3.63, 3.8) is 0 Å². The number of benzene rings is 3. The molecule has 0 aromatic heterocycles. The van der Waals surface area contributed by atoms with Gasteiger partial charge in [-0.05, 0) is 48.9 Å². The van der Waals surface area contributed by atoms with Gasteiger partial charge in [0.2, 0.25) is 0 Å². The van der Waals surface area contributed by atoms with Gasteiger partial charge in [0.05, 0.1) is 17.3 Å². The van der Waals surface area contributed by atoms with Crippen molar-refractivity contribution in [2.24, 2.45) is 0 Å². The number of carbonyl (C=O) groups is 1. The van der Waals surface area contributed by atoms with Crippen molar-refractivity contribution in [1.29, 1.82) is 0 Å². The summed E-state index contributed by atoms with van der Waals surface area (Å²) in [7, 11) is 0. The number of halogens is 2. The predicted octanol–water partition coefficient (Wildman–Crippen LogP) is 6.22. The third kappa shape index (κ3) is 5.18. The van der Waals surface area contributed by atoms with Crippen LogP contribution >= 0.6 is 23.2 Å². The first-order valence-electron chi connectivity index (χ1n) is 8.77. The standard InChI is InChI=1S/C22H19Cl2NO3/c1-2-27-21-12-16(22(26)25-19-10-9-17(23)13-18(19)24)8-11-20(21)28-14-15-6-4-3-5-7-15/h3-13H,2,14H2,1H3,(H,25,26). The van der Waals surface area contributed by atoms with Crippen molar-refractivity contribution in [3.8, 4) is 11.5 Å². The quantitative estimate of drug-likeness (QED) is 0.497. The zero-order chi connectivity index (χ0) is 19.9. The Labute approximate surface area is 174 Å². The van der Waals surface area contributed by atoms with Gasteiger partial charge in [0.15, 0.2) is 11.5 Å². The van der Waals surface area contributed by atoms with Crippen LogP contribution in [-0.4, -0.2) is 12.5 Å². The molecule has 1 amide bonds. The number of hydrogen-bond donors (Lipinski definition) is 1. The van der Waals surface area contributed by atoms with Crippen molar-refractivity contribution >= 4 is 34.8 Å². The first-order valence-corrected chi connectivity index (χ1v) is 9.52. The number of hydrogen-bond acceptors (Lipinski definition) is 3. The maximum absolute atomic E-state index is 12.6. The highest BCUT2D eigenvalue weighted by molar-refractivity contribution is 6.36. The molecule has 3 aromatic carbocycles. The molecule has 0 radical (unpaired) electrons. The van der Waals surface area contributed by atoms with Gasteiger partial charge in [-0.25, -0.2) is 0 Å². The Morgan fingerprint density at radius 2 is 1.71 bits per heavy atom. The van der Waals surface area contributed by atoms with E-state index in [2.05, 4.69) is 5.32 Å². The van der Waals surface area contributed by atoms with Crippen molar-refractivity contribution < 1.29 is 14.3 Å². The van der Waals surface area contributed by atoms with Gasteiger partial charge in [0.1, 0.15) is 6.61 Å². The van der Waals surface area contributed by atoms with E-state index in [4.69, 9.17) is 32.7 Å². The Kier molecular flexibility index (Phi) is 6.80.